The van der Waals surface area contributed by atoms with Crippen LogP contribution in [-0.4, -0.2) is 51.6 Å². The SMILES string of the molecule is NS(=O)(=O)CC1CCCN(c2ccnc(-c3cnc4cnc(C(F)F)cn34)n2)C1. The van der Waals surface area contributed by atoms with Crippen LogP contribution in [-0.2, 0) is 10.0 Å². The van der Waals surface area contributed by atoms with Crippen molar-refractivity contribution in [1.29, 1.82) is 0 Å². The third kappa shape index (κ3) is 4.32. The van der Waals surface area contributed by atoms with Crippen molar-refractivity contribution in [2.24, 2.45) is 11.1 Å². The second kappa shape index (κ2) is 7.59. The second-order valence-corrected chi connectivity index (χ2v) is 8.67. The molecule has 1 saturated heterocycles. The van der Waals surface area contributed by atoms with Gasteiger partial charge in [-0.2, -0.15) is 0 Å². The van der Waals surface area contributed by atoms with Gasteiger partial charge in [0.1, 0.15) is 17.2 Å². The summed E-state index contributed by atoms with van der Waals surface area (Å²) in [5.74, 6) is 0.813. The summed E-state index contributed by atoms with van der Waals surface area (Å²) in [7, 11) is -3.55. The highest BCUT2D eigenvalue weighted by molar-refractivity contribution is 7.89. The summed E-state index contributed by atoms with van der Waals surface area (Å²) in [4.78, 5) is 18.7. The van der Waals surface area contributed by atoms with Gasteiger partial charge >= 0.3 is 0 Å². The lowest BCUT2D eigenvalue weighted by Crippen LogP contribution is -2.39. The van der Waals surface area contributed by atoms with Crippen molar-refractivity contribution in [3.63, 3.8) is 0 Å². The molecule has 29 heavy (non-hydrogen) atoms. The number of fused-ring (bicyclic) bond motifs is 1. The highest BCUT2D eigenvalue weighted by Gasteiger charge is 2.25. The molecule has 9 nitrogen and oxygen atoms in total. The van der Waals surface area contributed by atoms with E-state index in [4.69, 9.17) is 5.14 Å². The zero-order chi connectivity index (χ0) is 20.6. The predicted octanol–water partition coefficient (Wildman–Crippen LogP) is 1.63. The summed E-state index contributed by atoms with van der Waals surface area (Å²) in [6.07, 6.45) is 4.48. The van der Waals surface area contributed by atoms with Crippen LogP contribution in [0.2, 0.25) is 0 Å². The van der Waals surface area contributed by atoms with Crippen LogP contribution in [0.3, 0.4) is 0 Å². The molecule has 3 aromatic heterocycles. The van der Waals surface area contributed by atoms with Crippen LogP contribution in [0.25, 0.3) is 17.2 Å². The Morgan fingerprint density at radius 2 is 2.07 bits per heavy atom. The molecule has 0 saturated carbocycles. The highest BCUT2D eigenvalue weighted by Crippen LogP contribution is 2.25. The number of nitrogens with two attached hydrogens (primary N) is 1. The molecule has 1 fully saturated rings. The van der Waals surface area contributed by atoms with E-state index in [1.807, 2.05) is 4.90 Å². The van der Waals surface area contributed by atoms with Crippen molar-refractivity contribution in [2.45, 2.75) is 19.3 Å². The average molecular weight is 423 g/mol. The van der Waals surface area contributed by atoms with Crippen LogP contribution in [0.5, 0.6) is 0 Å². The fourth-order valence-electron chi connectivity index (χ4n) is 3.57. The van der Waals surface area contributed by atoms with E-state index < -0.39 is 16.4 Å². The molecule has 0 aliphatic carbocycles. The molecule has 0 aromatic carbocycles. The van der Waals surface area contributed by atoms with E-state index in [-0.39, 0.29) is 17.4 Å². The number of hydrogen-bond donors (Lipinski definition) is 1. The first kappa shape index (κ1) is 19.6. The third-order valence-corrected chi connectivity index (χ3v) is 5.76. The number of imidazole rings is 1. The zero-order valence-corrected chi connectivity index (χ0v) is 16.1. The first-order valence-electron chi connectivity index (χ1n) is 9.00. The van der Waals surface area contributed by atoms with Gasteiger partial charge in [0.15, 0.2) is 11.5 Å². The molecule has 0 amide bonds. The maximum absolute atomic E-state index is 13.0. The molecule has 4 rings (SSSR count). The molecule has 12 heteroatoms. The lowest BCUT2D eigenvalue weighted by molar-refractivity contribution is 0.145. The van der Waals surface area contributed by atoms with Gasteiger partial charge in [-0.3, -0.25) is 4.40 Å². The number of aromatic nitrogens is 5. The Balaban J connectivity index is 1.64. The van der Waals surface area contributed by atoms with Gasteiger partial charge in [-0.05, 0) is 24.8 Å². The standard InChI is InChI=1S/C17H19F2N7O2S/c18-16(19)12-9-26-13(6-23-15(26)7-22-12)17-21-4-3-14(24-17)25-5-1-2-11(8-25)10-29(20,27)28/h3-4,6-7,9,11,16H,1-2,5,8,10H2,(H2,20,27,28). The minimum atomic E-state index is -3.55. The van der Waals surface area contributed by atoms with Gasteiger partial charge in [0.25, 0.3) is 6.43 Å². The maximum atomic E-state index is 13.0. The van der Waals surface area contributed by atoms with Crippen LogP contribution in [0.15, 0.2) is 30.9 Å². The Kier molecular flexibility index (Phi) is 5.13. The molecule has 0 bridgehead atoms. The van der Waals surface area contributed by atoms with Crippen LogP contribution < -0.4 is 10.0 Å². The molecule has 0 radical (unpaired) electrons. The van der Waals surface area contributed by atoms with Crippen LogP contribution in [0.1, 0.15) is 25.0 Å². The molecular formula is C17H19F2N7O2S. The molecule has 1 atom stereocenters. The lowest BCUT2D eigenvalue weighted by Gasteiger charge is -2.33. The maximum Gasteiger partial charge on any atom is 0.281 e. The minimum Gasteiger partial charge on any atom is -0.356 e. The lowest BCUT2D eigenvalue weighted by atomic mass is 10.0. The molecule has 0 spiro atoms. The van der Waals surface area contributed by atoms with E-state index in [0.717, 1.165) is 19.4 Å². The van der Waals surface area contributed by atoms with Crippen molar-refractivity contribution >= 4 is 21.5 Å². The summed E-state index contributed by atoms with van der Waals surface area (Å²) in [5, 5.41) is 5.18. The number of halogens is 2. The number of sulfonamides is 1. The fourth-order valence-corrected chi connectivity index (χ4v) is 4.50. The topological polar surface area (TPSA) is 119 Å². The smallest absolute Gasteiger partial charge is 0.281 e. The summed E-state index contributed by atoms with van der Waals surface area (Å²) in [6, 6.07) is 1.73. The van der Waals surface area contributed by atoms with E-state index in [0.29, 0.717) is 29.5 Å². The van der Waals surface area contributed by atoms with Gasteiger partial charge in [-0.15, -0.1) is 0 Å². The Bertz CT molecular complexity index is 1140. The summed E-state index contributed by atoms with van der Waals surface area (Å²) >= 11 is 0. The highest BCUT2D eigenvalue weighted by atomic mass is 32.2. The van der Waals surface area contributed by atoms with E-state index >= 15 is 0 Å². The van der Waals surface area contributed by atoms with E-state index in [1.54, 1.807) is 12.3 Å². The Labute approximate surface area is 165 Å². The van der Waals surface area contributed by atoms with Crippen LogP contribution in [0.4, 0.5) is 14.6 Å². The van der Waals surface area contributed by atoms with Crippen molar-refractivity contribution in [3.8, 4) is 11.5 Å². The third-order valence-electron chi connectivity index (χ3n) is 4.82. The Morgan fingerprint density at radius 3 is 2.83 bits per heavy atom. The van der Waals surface area contributed by atoms with Gasteiger partial charge in [-0.25, -0.2) is 42.3 Å². The number of piperidine rings is 1. The number of hydrogen-bond acceptors (Lipinski definition) is 7. The average Bonchev–Trinajstić information content (AvgIpc) is 3.10. The Hall–Kier alpha value is -2.73. The zero-order valence-electron chi connectivity index (χ0n) is 15.3. The molecular weight excluding hydrogens is 404 g/mol. The number of primary sulfonamides is 1. The number of anilines is 1. The molecule has 1 aliphatic heterocycles. The van der Waals surface area contributed by atoms with Crippen molar-refractivity contribution < 1.29 is 17.2 Å². The van der Waals surface area contributed by atoms with E-state index in [2.05, 4.69) is 19.9 Å². The predicted molar refractivity (Wildman–Crippen MR) is 102 cm³/mol. The molecule has 3 aromatic rings. The molecule has 2 N–H and O–H groups in total. The van der Waals surface area contributed by atoms with Crippen molar-refractivity contribution in [3.05, 3.63) is 36.5 Å². The number of rotatable bonds is 5. The first-order chi connectivity index (χ1) is 13.8. The first-order valence-corrected chi connectivity index (χ1v) is 10.7. The van der Waals surface area contributed by atoms with Gasteiger partial charge in [0, 0.05) is 25.5 Å². The molecule has 4 heterocycles. The quantitative estimate of drug-likeness (QED) is 0.662. The van der Waals surface area contributed by atoms with Gasteiger partial charge in [0.2, 0.25) is 10.0 Å². The summed E-state index contributed by atoms with van der Waals surface area (Å²) < 4.78 is 50.3. The second-order valence-electron chi connectivity index (χ2n) is 7.01. The molecule has 154 valence electrons. The summed E-state index contributed by atoms with van der Waals surface area (Å²) in [6.45, 7) is 1.24. The summed E-state index contributed by atoms with van der Waals surface area (Å²) in [5.41, 5.74) is 0.503. The van der Waals surface area contributed by atoms with E-state index in [9.17, 15) is 17.2 Å². The number of nitrogens with zero attached hydrogens (tertiary/aromatic N) is 6. The molecule has 1 aliphatic rings. The van der Waals surface area contributed by atoms with Crippen molar-refractivity contribution in [2.75, 3.05) is 23.7 Å². The van der Waals surface area contributed by atoms with E-state index in [1.165, 1.54) is 23.0 Å². The van der Waals surface area contributed by atoms with Crippen molar-refractivity contribution in [1.82, 2.24) is 24.3 Å². The van der Waals surface area contributed by atoms with Crippen LogP contribution in [0, 0.1) is 5.92 Å². The van der Waals surface area contributed by atoms with Gasteiger partial charge in [-0.1, -0.05) is 0 Å². The largest absolute Gasteiger partial charge is 0.356 e. The normalized spacial score (nSPS) is 17.9. The monoisotopic (exact) mass is 423 g/mol. The molecule has 1 unspecified atom stereocenters. The van der Waals surface area contributed by atoms with Gasteiger partial charge < -0.3 is 4.90 Å². The fraction of sp³-hybridized carbons (Fsp3) is 0.412. The number of alkyl halides is 2. The minimum absolute atomic E-state index is 0.0713. The van der Waals surface area contributed by atoms with Crippen LogP contribution >= 0.6 is 0 Å². The Morgan fingerprint density at radius 1 is 1.24 bits per heavy atom. The van der Waals surface area contributed by atoms with Gasteiger partial charge in [0.05, 0.1) is 18.1 Å².